The predicted molar refractivity (Wildman–Crippen MR) is 114 cm³/mol. The summed E-state index contributed by atoms with van der Waals surface area (Å²) in [4.78, 5) is 19.1. The molecule has 5 nitrogen and oxygen atoms in total. The van der Waals surface area contributed by atoms with Crippen molar-refractivity contribution in [2.24, 2.45) is 0 Å². The molecule has 5 rings (SSSR count). The maximum atomic E-state index is 4.69. The molecule has 4 heterocycles. The van der Waals surface area contributed by atoms with Gasteiger partial charge >= 0.3 is 0 Å². The van der Waals surface area contributed by atoms with Crippen molar-refractivity contribution in [1.29, 1.82) is 0 Å². The molecular weight excluding hydrogens is 366 g/mol. The van der Waals surface area contributed by atoms with Crippen LogP contribution in [0.2, 0.25) is 0 Å². The molecule has 3 aromatic rings. The van der Waals surface area contributed by atoms with Crippen LogP contribution in [0.5, 0.6) is 0 Å². The number of aryl methyl sites for hydroxylation is 1. The number of anilines is 1. The van der Waals surface area contributed by atoms with E-state index in [0.717, 1.165) is 45.6 Å². The van der Waals surface area contributed by atoms with Crippen LogP contribution in [0.25, 0.3) is 0 Å². The van der Waals surface area contributed by atoms with Crippen molar-refractivity contribution in [3.63, 3.8) is 0 Å². The van der Waals surface area contributed by atoms with E-state index in [0.29, 0.717) is 5.92 Å². The molecule has 0 radical (unpaired) electrons. The molecule has 146 valence electrons. The van der Waals surface area contributed by atoms with Crippen molar-refractivity contribution < 1.29 is 0 Å². The Balaban J connectivity index is 1.26. The maximum Gasteiger partial charge on any atom is 0.185 e. The van der Waals surface area contributed by atoms with Crippen molar-refractivity contribution in [2.75, 3.05) is 24.5 Å². The number of hydrogen-bond acceptors (Lipinski definition) is 5. The van der Waals surface area contributed by atoms with Gasteiger partial charge in [0.15, 0.2) is 5.13 Å². The van der Waals surface area contributed by atoms with Crippen LogP contribution in [-0.2, 0) is 19.5 Å². The average Bonchev–Trinajstić information content (AvgIpc) is 3.48. The van der Waals surface area contributed by atoms with Gasteiger partial charge in [0, 0.05) is 49.7 Å². The zero-order valence-corrected chi connectivity index (χ0v) is 17.0. The van der Waals surface area contributed by atoms with Gasteiger partial charge in [-0.15, -0.1) is 11.3 Å². The molecule has 2 aromatic heterocycles. The molecule has 1 N–H and O–H groups in total. The lowest BCUT2D eigenvalue weighted by molar-refractivity contribution is 0.214. The lowest BCUT2D eigenvalue weighted by Gasteiger charge is -2.31. The van der Waals surface area contributed by atoms with Gasteiger partial charge < -0.3 is 9.88 Å². The molecule has 2 aliphatic heterocycles. The molecule has 1 aromatic carbocycles. The van der Waals surface area contributed by atoms with Gasteiger partial charge in [-0.1, -0.05) is 30.3 Å². The highest BCUT2D eigenvalue weighted by atomic mass is 32.1. The van der Waals surface area contributed by atoms with Crippen molar-refractivity contribution >= 4 is 16.5 Å². The predicted octanol–water partition coefficient (Wildman–Crippen LogP) is 4.20. The third-order valence-corrected chi connectivity index (χ3v) is 6.96. The van der Waals surface area contributed by atoms with E-state index >= 15 is 0 Å². The van der Waals surface area contributed by atoms with Crippen molar-refractivity contribution in [3.05, 3.63) is 64.7 Å². The summed E-state index contributed by atoms with van der Waals surface area (Å²) in [6.07, 6.45) is 8.78. The Bertz CT molecular complexity index is 897. The van der Waals surface area contributed by atoms with E-state index in [4.69, 9.17) is 4.98 Å². The monoisotopic (exact) mass is 393 g/mol. The van der Waals surface area contributed by atoms with Gasteiger partial charge in [-0.05, 0) is 31.2 Å². The molecule has 6 heteroatoms. The summed E-state index contributed by atoms with van der Waals surface area (Å²) >= 11 is 1.87. The third kappa shape index (κ3) is 3.84. The van der Waals surface area contributed by atoms with Crippen LogP contribution in [-0.4, -0.2) is 39.5 Å². The molecule has 1 saturated heterocycles. The Morgan fingerprint density at radius 2 is 1.96 bits per heavy atom. The van der Waals surface area contributed by atoms with E-state index in [-0.39, 0.29) is 0 Å². The van der Waals surface area contributed by atoms with Gasteiger partial charge in [0.1, 0.15) is 0 Å². The van der Waals surface area contributed by atoms with Gasteiger partial charge in [0.2, 0.25) is 0 Å². The standard InChI is InChI=1S/C22H27N5S/c1-2-6-17(7-3-1)8-9-18-13-26(15-20-21(18)25-16-24-20)14-19-12-23-22(28-19)27-10-4-5-11-27/h1-3,6-7,12,16,18H,4-5,8-11,13-15H2,(H,24,25). The number of hydrogen-bond donors (Lipinski definition) is 1. The number of nitrogens with zero attached hydrogens (tertiary/aromatic N) is 4. The molecule has 28 heavy (non-hydrogen) atoms. The molecule has 0 amide bonds. The minimum absolute atomic E-state index is 0.487. The van der Waals surface area contributed by atoms with Crippen molar-refractivity contribution in [2.45, 2.75) is 44.7 Å². The van der Waals surface area contributed by atoms with E-state index in [1.54, 1.807) is 0 Å². The first-order valence-electron chi connectivity index (χ1n) is 10.3. The van der Waals surface area contributed by atoms with Crippen LogP contribution < -0.4 is 4.90 Å². The summed E-state index contributed by atoms with van der Waals surface area (Å²) < 4.78 is 0. The lowest BCUT2D eigenvalue weighted by atomic mass is 9.92. The molecule has 1 unspecified atom stereocenters. The first kappa shape index (κ1) is 17.9. The fraction of sp³-hybridized carbons (Fsp3) is 0.455. The highest BCUT2D eigenvalue weighted by Crippen LogP contribution is 2.32. The second kappa shape index (κ2) is 8.05. The average molecular weight is 394 g/mol. The summed E-state index contributed by atoms with van der Waals surface area (Å²) in [5.41, 5.74) is 3.97. The number of fused-ring (bicyclic) bond motifs is 1. The number of rotatable bonds is 6. The number of thiazole rings is 1. The second-order valence-corrected chi connectivity index (χ2v) is 9.05. The first-order chi connectivity index (χ1) is 13.8. The molecule has 0 aliphatic carbocycles. The van der Waals surface area contributed by atoms with E-state index in [2.05, 4.69) is 56.3 Å². The molecule has 1 atom stereocenters. The van der Waals surface area contributed by atoms with E-state index in [1.165, 1.54) is 39.8 Å². The number of aromatic amines is 1. The summed E-state index contributed by atoms with van der Waals surface area (Å²) in [5, 5.41) is 1.20. The fourth-order valence-corrected chi connectivity index (χ4v) is 5.48. The van der Waals surface area contributed by atoms with Gasteiger partial charge in [-0.25, -0.2) is 9.97 Å². The quantitative estimate of drug-likeness (QED) is 0.682. The molecule has 2 aliphatic rings. The number of aromatic nitrogens is 3. The normalized spacial score (nSPS) is 19.9. The minimum Gasteiger partial charge on any atom is -0.348 e. The fourth-order valence-electron chi connectivity index (χ4n) is 4.48. The molecule has 1 fully saturated rings. The smallest absolute Gasteiger partial charge is 0.185 e. The summed E-state index contributed by atoms with van der Waals surface area (Å²) in [6.45, 7) is 5.33. The summed E-state index contributed by atoms with van der Waals surface area (Å²) in [7, 11) is 0. The van der Waals surface area contributed by atoms with Crippen molar-refractivity contribution in [1.82, 2.24) is 19.9 Å². The SMILES string of the molecule is c1ccc(CCC2CN(Cc3cnc(N4CCCC4)s3)Cc3[nH]cnc32)cc1. The third-order valence-electron chi connectivity index (χ3n) is 5.92. The topological polar surface area (TPSA) is 48.1 Å². The number of nitrogens with one attached hydrogen (secondary N) is 1. The van der Waals surface area contributed by atoms with Crippen LogP contribution in [0.15, 0.2) is 42.9 Å². The van der Waals surface area contributed by atoms with Crippen LogP contribution in [0.4, 0.5) is 5.13 Å². The number of H-pyrrole nitrogens is 1. The molecule has 0 bridgehead atoms. The first-order valence-corrected chi connectivity index (χ1v) is 11.1. The molecule has 0 saturated carbocycles. The highest BCUT2D eigenvalue weighted by molar-refractivity contribution is 7.15. The zero-order chi connectivity index (χ0) is 18.8. The number of benzene rings is 1. The summed E-state index contributed by atoms with van der Waals surface area (Å²) in [5.74, 6) is 0.487. The Labute approximate surface area is 170 Å². The Morgan fingerprint density at radius 3 is 2.82 bits per heavy atom. The molecule has 0 spiro atoms. The van der Waals surface area contributed by atoms with Crippen LogP contribution in [0.1, 0.15) is 47.0 Å². The zero-order valence-electron chi connectivity index (χ0n) is 16.2. The second-order valence-electron chi connectivity index (χ2n) is 7.96. The van der Waals surface area contributed by atoms with Gasteiger partial charge in [-0.3, -0.25) is 4.90 Å². The van der Waals surface area contributed by atoms with E-state index in [1.807, 2.05) is 17.7 Å². The maximum absolute atomic E-state index is 4.69. The van der Waals surface area contributed by atoms with E-state index in [9.17, 15) is 0 Å². The Morgan fingerprint density at radius 1 is 1.11 bits per heavy atom. The van der Waals surface area contributed by atoms with Crippen molar-refractivity contribution in [3.8, 4) is 0 Å². The van der Waals surface area contributed by atoms with Crippen LogP contribution in [0, 0.1) is 0 Å². The van der Waals surface area contributed by atoms with Gasteiger partial charge in [0.25, 0.3) is 0 Å². The van der Waals surface area contributed by atoms with Gasteiger partial charge in [-0.2, -0.15) is 0 Å². The van der Waals surface area contributed by atoms with Crippen LogP contribution in [0.3, 0.4) is 0 Å². The lowest BCUT2D eigenvalue weighted by Crippen LogP contribution is -2.33. The van der Waals surface area contributed by atoms with E-state index < -0.39 is 0 Å². The van der Waals surface area contributed by atoms with Gasteiger partial charge in [0.05, 0.1) is 17.7 Å². The molecular formula is C22H27N5S. The highest BCUT2D eigenvalue weighted by Gasteiger charge is 2.28. The largest absolute Gasteiger partial charge is 0.348 e. The summed E-state index contributed by atoms with van der Waals surface area (Å²) in [6, 6.07) is 10.8. The number of imidazole rings is 1. The Hall–Kier alpha value is -2.18. The Kier molecular flexibility index (Phi) is 5.14. The van der Waals surface area contributed by atoms with Crippen LogP contribution >= 0.6 is 11.3 Å². The minimum atomic E-state index is 0.487.